The van der Waals surface area contributed by atoms with E-state index < -0.39 is 0 Å². The van der Waals surface area contributed by atoms with Gasteiger partial charge in [-0.25, -0.2) is 0 Å². The van der Waals surface area contributed by atoms with Crippen LogP contribution < -0.4 is 11.1 Å². The van der Waals surface area contributed by atoms with Crippen molar-refractivity contribution in [1.29, 1.82) is 0 Å². The molecule has 0 bridgehead atoms. The molecule has 1 aromatic carbocycles. The maximum Gasteiger partial charge on any atom is 0.251 e. The Hall–Kier alpha value is -1.63. The van der Waals surface area contributed by atoms with Crippen LogP contribution in [0.1, 0.15) is 15.9 Å². The van der Waals surface area contributed by atoms with Crippen molar-refractivity contribution in [3.63, 3.8) is 0 Å². The van der Waals surface area contributed by atoms with Crippen LogP contribution in [0, 0.1) is 0 Å². The van der Waals surface area contributed by atoms with E-state index in [1.54, 1.807) is 29.2 Å². The van der Waals surface area contributed by atoms with Crippen LogP contribution >= 0.6 is 12.4 Å². The molecule has 116 valence electrons. The molecule has 1 saturated heterocycles. The van der Waals surface area contributed by atoms with E-state index in [0.717, 1.165) is 5.56 Å². The molecule has 2 rings (SSSR count). The highest BCUT2D eigenvalue weighted by molar-refractivity contribution is 5.96. The Morgan fingerprint density at radius 3 is 2.38 bits per heavy atom. The van der Waals surface area contributed by atoms with Gasteiger partial charge in [-0.3, -0.25) is 9.59 Å². The van der Waals surface area contributed by atoms with Crippen LogP contribution in [0.4, 0.5) is 0 Å². The molecule has 0 aliphatic carbocycles. The lowest BCUT2D eigenvalue weighted by Crippen LogP contribution is -2.45. The van der Waals surface area contributed by atoms with Crippen molar-refractivity contribution in [3.8, 4) is 0 Å². The van der Waals surface area contributed by atoms with Gasteiger partial charge in [0.2, 0.25) is 5.91 Å². The number of benzene rings is 1. The number of nitrogens with one attached hydrogen (secondary N) is 1. The van der Waals surface area contributed by atoms with Gasteiger partial charge >= 0.3 is 0 Å². The highest BCUT2D eigenvalue weighted by Crippen LogP contribution is 2.03. The van der Waals surface area contributed by atoms with Gasteiger partial charge in [-0.1, -0.05) is 12.1 Å². The summed E-state index contributed by atoms with van der Waals surface area (Å²) in [6.07, 6.45) is 0. The van der Waals surface area contributed by atoms with Gasteiger partial charge in [0.25, 0.3) is 5.91 Å². The Bertz CT molecular complexity index is 473. The van der Waals surface area contributed by atoms with Gasteiger partial charge in [0.15, 0.2) is 0 Å². The van der Waals surface area contributed by atoms with Crippen molar-refractivity contribution in [1.82, 2.24) is 10.2 Å². The summed E-state index contributed by atoms with van der Waals surface area (Å²) in [5.41, 5.74) is 6.98. The standard InChI is InChI=1S/C14H19N3O3.ClH/c15-9-11-1-3-12(4-2-11)14(19)16-10-13(18)17-5-7-20-8-6-17;/h1-4H,5-10,15H2,(H,16,19);1H. The average Bonchev–Trinajstić information content (AvgIpc) is 2.53. The van der Waals surface area contributed by atoms with Crippen LogP contribution in [0.15, 0.2) is 24.3 Å². The van der Waals surface area contributed by atoms with Gasteiger partial charge in [-0.15, -0.1) is 12.4 Å². The first kappa shape index (κ1) is 17.4. The molecule has 3 N–H and O–H groups in total. The molecule has 21 heavy (non-hydrogen) atoms. The van der Waals surface area contributed by atoms with Crippen molar-refractivity contribution >= 4 is 24.2 Å². The van der Waals surface area contributed by atoms with Gasteiger partial charge in [-0.2, -0.15) is 0 Å². The summed E-state index contributed by atoms with van der Waals surface area (Å²) in [7, 11) is 0. The van der Waals surface area contributed by atoms with Crippen molar-refractivity contribution in [2.75, 3.05) is 32.8 Å². The van der Waals surface area contributed by atoms with Crippen molar-refractivity contribution in [2.45, 2.75) is 6.54 Å². The van der Waals surface area contributed by atoms with E-state index in [1.165, 1.54) is 0 Å². The fraction of sp³-hybridized carbons (Fsp3) is 0.429. The predicted octanol–water partition coefficient (Wildman–Crippen LogP) is 0.156. The Morgan fingerprint density at radius 1 is 1.19 bits per heavy atom. The quantitative estimate of drug-likeness (QED) is 0.829. The number of hydrogen-bond acceptors (Lipinski definition) is 4. The zero-order valence-corrected chi connectivity index (χ0v) is 12.5. The number of ether oxygens (including phenoxy) is 1. The monoisotopic (exact) mass is 313 g/mol. The Labute approximate surface area is 130 Å². The molecule has 6 nitrogen and oxygen atoms in total. The summed E-state index contributed by atoms with van der Waals surface area (Å²) >= 11 is 0. The molecule has 1 aliphatic heterocycles. The first-order valence-corrected chi connectivity index (χ1v) is 6.63. The van der Waals surface area contributed by atoms with Crippen molar-refractivity contribution < 1.29 is 14.3 Å². The smallest absolute Gasteiger partial charge is 0.251 e. The summed E-state index contributed by atoms with van der Waals surface area (Å²) in [6, 6.07) is 7.02. The van der Waals surface area contributed by atoms with Gasteiger partial charge in [0.1, 0.15) is 0 Å². The molecule has 1 fully saturated rings. The van der Waals surface area contributed by atoms with Crippen LogP contribution in [-0.2, 0) is 16.1 Å². The second-order valence-electron chi connectivity index (χ2n) is 4.58. The first-order chi connectivity index (χ1) is 9.70. The fourth-order valence-corrected chi connectivity index (χ4v) is 1.97. The lowest BCUT2D eigenvalue weighted by molar-refractivity contribution is -0.134. The Kier molecular flexibility index (Phi) is 7.14. The Morgan fingerprint density at radius 2 is 1.81 bits per heavy atom. The zero-order valence-electron chi connectivity index (χ0n) is 11.7. The normalized spacial score (nSPS) is 14.2. The van der Waals surface area contributed by atoms with E-state index in [4.69, 9.17) is 10.5 Å². The Balaban J connectivity index is 0.00000220. The van der Waals surface area contributed by atoms with Crippen LogP contribution in [0.3, 0.4) is 0 Å². The number of morpholine rings is 1. The van der Waals surface area contributed by atoms with E-state index in [9.17, 15) is 9.59 Å². The van der Waals surface area contributed by atoms with Gasteiger partial charge in [0.05, 0.1) is 19.8 Å². The SMILES string of the molecule is Cl.NCc1ccc(C(=O)NCC(=O)N2CCOCC2)cc1. The van der Waals surface area contributed by atoms with Crippen molar-refractivity contribution in [2.24, 2.45) is 5.73 Å². The number of nitrogens with two attached hydrogens (primary N) is 1. The third-order valence-electron chi connectivity index (χ3n) is 3.22. The zero-order chi connectivity index (χ0) is 14.4. The minimum atomic E-state index is -0.254. The second-order valence-corrected chi connectivity index (χ2v) is 4.58. The minimum absolute atomic E-state index is 0. The molecule has 0 atom stereocenters. The molecule has 0 radical (unpaired) electrons. The van der Waals surface area contributed by atoms with E-state index in [1.807, 2.05) is 0 Å². The molecular weight excluding hydrogens is 294 g/mol. The van der Waals surface area contributed by atoms with E-state index >= 15 is 0 Å². The highest BCUT2D eigenvalue weighted by Gasteiger charge is 2.17. The van der Waals surface area contributed by atoms with Gasteiger partial charge < -0.3 is 20.7 Å². The predicted molar refractivity (Wildman–Crippen MR) is 81.3 cm³/mol. The molecule has 1 aromatic rings. The molecule has 0 aromatic heterocycles. The first-order valence-electron chi connectivity index (χ1n) is 6.63. The van der Waals surface area contributed by atoms with E-state index in [2.05, 4.69) is 5.32 Å². The fourth-order valence-electron chi connectivity index (χ4n) is 1.97. The molecule has 7 heteroatoms. The number of carbonyl (C=O) groups excluding carboxylic acids is 2. The van der Waals surface area contributed by atoms with E-state index in [0.29, 0.717) is 38.4 Å². The third-order valence-corrected chi connectivity index (χ3v) is 3.22. The third kappa shape index (κ3) is 5.00. The van der Waals surface area contributed by atoms with Crippen LogP contribution in [0.2, 0.25) is 0 Å². The number of carbonyl (C=O) groups is 2. The number of nitrogens with zero attached hydrogens (tertiary/aromatic N) is 1. The molecular formula is C14H20ClN3O3. The number of amides is 2. The van der Waals surface area contributed by atoms with E-state index in [-0.39, 0.29) is 30.8 Å². The average molecular weight is 314 g/mol. The van der Waals surface area contributed by atoms with Gasteiger partial charge in [0, 0.05) is 25.2 Å². The lowest BCUT2D eigenvalue weighted by Gasteiger charge is -2.26. The summed E-state index contributed by atoms with van der Waals surface area (Å²) < 4.78 is 5.18. The second kappa shape index (κ2) is 8.61. The largest absolute Gasteiger partial charge is 0.378 e. The number of halogens is 1. The maximum atomic E-state index is 11.9. The number of hydrogen-bond donors (Lipinski definition) is 2. The van der Waals surface area contributed by atoms with Crippen LogP contribution in [0.5, 0.6) is 0 Å². The molecule has 0 saturated carbocycles. The van der Waals surface area contributed by atoms with Crippen LogP contribution in [-0.4, -0.2) is 49.6 Å². The summed E-state index contributed by atoms with van der Waals surface area (Å²) in [4.78, 5) is 25.5. The molecule has 2 amide bonds. The number of rotatable bonds is 4. The van der Waals surface area contributed by atoms with Gasteiger partial charge in [-0.05, 0) is 17.7 Å². The summed E-state index contributed by atoms with van der Waals surface area (Å²) in [5, 5.41) is 2.63. The van der Waals surface area contributed by atoms with Crippen molar-refractivity contribution in [3.05, 3.63) is 35.4 Å². The summed E-state index contributed by atoms with van der Waals surface area (Å²) in [5.74, 6) is -0.338. The minimum Gasteiger partial charge on any atom is -0.378 e. The summed E-state index contributed by atoms with van der Waals surface area (Å²) in [6.45, 7) is 2.73. The van der Waals surface area contributed by atoms with Crippen LogP contribution in [0.25, 0.3) is 0 Å². The molecule has 0 unspecified atom stereocenters. The highest BCUT2D eigenvalue weighted by atomic mass is 35.5. The molecule has 0 spiro atoms. The lowest BCUT2D eigenvalue weighted by atomic mass is 10.1. The maximum absolute atomic E-state index is 11.9. The molecule has 1 heterocycles. The topological polar surface area (TPSA) is 84.7 Å². The molecule has 1 aliphatic rings.